The first-order valence-corrected chi connectivity index (χ1v) is 11.8. The molecule has 1 heterocycles. The van der Waals surface area contributed by atoms with Crippen LogP contribution in [0.5, 0.6) is 0 Å². The van der Waals surface area contributed by atoms with E-state index in [9.17, 15) is 4.79 Å². The van der Waals surface area contributed by atoms with Crippen LogP contribution in [0.4, 0.5) is 5.69 Å². The third-order valence-corrected chi connectivity index (χ3v) is 6.00. The number of piperazine rings is 1. The van der Waals surface area contributed by atoms with Gasteiger partial charge in [-0.2, -0.15) is 0 Å². The van der Waals surface area contributed by atoms with E-state index in [-0.39, 0.29) is 29.9 Å². The van der Waals surface area contributed by atoms with E-state index < -0.39 is 0 Å². The van der Waals surface area contributed by atoms with Crippen LogP contribution in [0.25, 0.3) is 0 Å². The quantitative estimate of drug-likeness (QED) is 0.249. The summed E-state index contributed by atoms with van der Waals surface area (Å²) in [5, 5.41) is 6.74. The van der Waals surface area contributed by atoms with Crippen molar-refractivity contribution < 1.29 is 4.79 Å². The molecular formula is C24H43IN6O. The lowest BCUT2D eigenvalue weighted by atomic mass is 10.2. The third-order valence-electron chi connectivity index (χ3n) is 6.00. The van der Waals surface area contributed by atoms with Crippen LogP contribution in [0.1, 0.15) is 40.0 Å². The van der Waals surface area contributed by atoms with Gasteiger partial charge in [-0.05, 0) is 51.5 Å². The molecule has 1 aliphatic rings. The van der Waals surface area contributed by atoms with Crippen molar-refractivity contribution in [1.82, 2.24) is 20.4 Å². The third kappa shape index (κ3) is 9.94. The van der Waals surface area contributed by atoms with Crippen molar-refractivity contribution in [1.29, 1.82) is 0 Å². The van der Waals surface area contributed by atoms with E-state index >= 15 is 0 Å². The fourth-order valence-electron chi connectivity index (χ4n) is 3.96. The van der Waals surface area contributed by atoms with Crippen molar-refractivity contribution in [2.24, 2.45) is 4.99 Å². The number of carbonyl (C=O) groups is 1. The number of amides is 1. The predicted octanol–water partition coefficient (Wildman–Crippen LogP) is 3.02. The molecule has 0 radical (unpaired) electrons. The summed E-state index contributed by atoms with van der Waals surface area (Å²) in [4.78, 5) is 23.7. The van der Waals surface area contributed by atoms with Gasteiger partial charge >= 0.3 is 0 Å². The Kier molecular flexibility index (Phi) is 14.4. The number of nitrogens with zero attached hydrogens (tertiary/aromatic N) is 4. The van der Waals surface area contributed by atoms with Gasteiger partial charge in [-0.3, -0.25) is 9.79 Å². The zero-order valence-corrected chi connectivity index (χ0v) is 22.7. The lowest BCUT2D eigenvalue weighted by Gasteiger charge is -2.36. The summed E-state index contributed by atoms with van der Waals surface area (Å²) in [5.74, 6) is 0.986. The normalized spacial score (nSPS) is 15.3. The number of rotatable bonds is 11. The van der Waals surface area contributed by atoms with Gasteiger partial charge in [0, 0.05) is 57.9 Å². The first kappa shape index (κ1) is 28.5. The summed E-state index contributed by atoms with van der Waals surface area (Å²) in [7, 11) is 1.78. The minimum atomic E-state index is 0. The summed E-state index contributed by atoms with van der Waals surface area (Å²) in [6.45, 7) is 13.9. The molecule has 1 unspecified atom stereocenters. The molecule has 0 aliphatic carbocycles. The number of carbonyl (C=O) groups excluding carboxylic acids is 1. The standard InChI is InChI=1S/C24H42N6O.HI/c1-5-28(6-2)16-10-11-21(3)27-24(25-4)26-15-14-23(31)30-19-17-29(18-20-30)22-12-8-7-9-13-22;/h7-9,12-13,21H,5-6,10-11,14-20H2,1-4H3,(H2,25,26,27);1H. The van der Waals surface area contributed by atoms with Crippen molar-refractivity contribution in [3.8, 4) is 0 Å². The van der Waals surface area contributed by atoms with Crippen LogP contribution >= 0.6 is 24.0 Å². The number of aliphatic imine (C=N–C) groups is 1. The maximum Gasteiger partial charge on any atom is 0.224 e. The maximum atomic E-state index is 12.6. The summed E-state index contributed by atoms with van der Waals surface area (Å²) < 4.78 is 0. The highest BCUT2D eigenvalue weighted by Gasteiger charge is 2.21. The fourth-order valence-corrected chi connectivity index (χ4v) is 3.96. The molecule has 1 fully saturated rings. The Morgan fingerprint density at radius 1 is 1.12 bits per heavy atom. The average Bonchev–Trinajstić information content (AvgIpc) is 2.81. The van der Waals surface area contributed by atoms with Crippen LogP contribution in [0.2, 0.25) is 0 Å². The van der Waals surface area contributed by atoms with Crippen LogP contribution in [0.15, 0.2) is 35.3 Å². The van der Waals surface area contributed by atoms with Gasteiger partial charge in [-0.25, -0.2) is 0 Å². The Labute approximate surface area is 212 Å². The van der Waals surface area contributed by atoms with Crippen LogP contribution < -0.4 is 15.5 Å². The highest BCUT2D eigenvalue weighted by Crippen LogP contribution is 2.15. The molecule has 1 saturated heterocycles. The van der Waals surface area contributed by atoms with Gasteiger partial charge in [0.1, 0.15) is 0 Å². The molecule has 0 spiro atoms. The highest BCUT2D eigenvalue weighted by molar-refractivity contribution is 14.0. The van der Waals surface area contributed by atoms with Gasteiger partial charge in [0.2, 0.25) is 5.91 Å². The number of benzene rings is 1. The fraction of sp³-hybridized carbons (Fsp3) is 0.667. The zero-order valence-electron chi connectivity index (χ0n) is 20.3. The van der Waals surface area contributed by atoms with Gasteiger partial charge in [0.15, 0.2) is 5.96 Å². The van der Waals surface area contributed by atoms with Crippen LogP contribution in [-0.2, 0) is 4.79 Å². The number of halogens is 1. The smallest absolute Gasteiger partial charge is 0.224 e. The van der Waals surface area contributed by atoms with Gasteiger partial charge in [0.05, 0.1) is 0 Å². The molecule has 32 heavy (non-hydrogen) atoms. The Morgan fingerprint density at radius 2 is 1.78 bits per heavy atom. The van der Waals surface area contributed by atoms with E-state index in [4.69, 9.17) is 0 Å². The van der Waals surface area contributed by atoms with Crippen LogP contribution in [0.3, 0.4) is 0 Å². The molecule has 1 aromatic carbocycles. The average molecular weight is 559 g/mol. The topological polar surface area (TPSA) is 63.2 Å². The Hall–Kier alpha value is -1.55. The minimum Gasteiger partial charge on any atom is -0.368 e. The SMILES string of the molecule is CCN(CC)CCCC(C)NC(=NC)NCCC(=O)N1CCN(c2ccccc2)CC1.I. The van der Waals surface area contributed by atoms with E-state index in [1.807, 2.05) is 11.0 Å². The van der Waals surface area contributed by atoms with Crippen molar-refractivity contribution in [2.45, 2.75) is 46.1 Å². The number of anilines is 1. The Bertz CT molecular complexity index is 660. The van der Waals surface area contributed by atoms with E-state index in [1.165, 1.54) is 12.1 Å². The van der Waals surface area contributed by atoms with Gasteiger partial charge in [0.25, 0.3) is 0 Å². The number of hydrogen-bond acceptors (Lipinski definition) is 4. The first-order chi connectivity index (χ1) is 15.1. The molecule has 2 N–H and O–H groups in total. The van der Waals surface area contributed by atoms with Crippen molar-refractivity contribution in [2.75, 3.05) is 64.3 Å². The molecule has 8 heteroatoms. The van der Waals surface area contributed by atoms with Crippen molar-refractivity contribution in [3.63, 3.8) is 0 Å². The molecule has 0 aromatic heterocycles. The number of hydrogen-bond donors (Lipinski definition) is 2. The maximum absolute atomic E-state index is 12.6. The monoisotopic (exact) mass is 558 g/mol. The summed E-state index contributed by atoms with van der Waals surface area (Å²) in [6.07, 6.45) is 2.75. The van der Waals surface area contributed by atoms with Gasteiger partial charge in [-0.15, -0.1) is 24.0 Å². The summed E-state index contributed by atoms with van der Waals surface area (Å²) >= 11 is 0. The van der Waals surface area contributed by atoms with Crippen LogP contribution in [-0.4, -0.2) is 87.1 Å². The molecule has 0 saturated carbocycles. The Balaban J connectivity index is 0.00000512. The minimum absolute atomic E-state index is 0. The number of para-hydroxylation sites is 1. The number of guanidine groups is 1. The van der Waals surface area contributed by atoms with E-state index in [0.717, 1.165) is 58.2 Å². The van der Waals surface area contributed by atoms with Crippen molar-refractivity contribution in [3.05, 3.63) is 30.3 Å². The Morgan fingerprint density at radius 3 is 2.38 bits per heavy atom. The molecule has 1 aliphatic heterocycles. The lowest BCUT2D eigenvalue weighted by molar-refractivity contribution is -0.131. The molecule has 1 amide bonds. The molecule has 1 atom stereocenters. The second-order valence-electron chi connectivity index (χ2n) is 8.17. The second kappa shape index (κ2) is 16.1. The van der Waals surface area contributed by atoms with Crippen LogP contribution in [0, 0.1) is 0 Å². The van der Waals surface area contributed by atoms with E-state index in [1.54, 1.807) is 7.05 Å². The predicted molar refractivity (Wildman–Crippen MR) is 146 cm³/mol. The molecule has 7 nitrogen and oxygen atoms in total. The second-order valence-corrected chi connectivity index (χ2v) is 8.17. The largest absolute Gasteiger partial charge is 0.368 e. The molecule has 2 rings (SSSR count). The van der Waals surface area contributed by atoms with Crippen molar-refractivity contribution >= 4 is 41.5 Å². The molecular weight excluding hydrogens is 515 g/mol. The van der Waals surface area contributed by atoms with Gasteiger partial charge in [-0.1, -0.05) is 32.0 Å². The molecule has 182 valence electrons. The summed E-state index contributed by atoms with van der Waals surface area (Å²) in [5.41, 5.74) is 1.23. The first-order valence-electron chi connectivity index (χ1n) is 11.8. The summed E-state index contributed by atoms with van der Waals surface area (Å²) in [6, 6.07) is 10.8. The zero-order chi connectivity index (χ0) is 22.5. The number of nitrogens with one attached hydrogen (secondary N) is 2. The van der Waals surface area contributed by atoms with E-state index in [2.05, 4.69) is 70.5 Å². The molecule has 1 aromatic rings. The molecule has 0 bridgehead atoms. The van der Waals surface area contributed by atoms with Gasteiger partial charge < -0.3 is 25.3 Å². The van der Waals surface area contributed by atoms with E-state index in [0.29, 0.717) is 19.0 Å². The highest BCUT2D eigenvalue weighted by atomic mass is 127. The lowest BCUT2D eigenvalue weighted by Crippen LogP contribution is -2.49.